The molecule has 2 aromatic rings. The summed E-state index contributed by atoms with van der Waals surface area (Å²) in [6.45, 7) is 2.48. The van der Waals surface area contributed by atoms with E-state index in [1.54, 1.807) is 30.5 Å². The first-order valence-corrected chi connectivity index (χ1v) is 8.72. The Morgan fingerprint density at radius 1 is 1.35 bits per heavy atom. The summed E-state index contributed by atoms with van der Waals surface area (Å²) in [5.74, 6) is 0. The van der Waals surface area contributed by atoms with Crippen LogP contribution >= 0.6 is 22.9 Å². The topological polar surface area (TPSA) is 63.4 Å². The van der Waals surface area contributed by atoms with E-state index in [-0.39, 0.29) is 10.8 Å². The molecule has 4 nitrogen and oxygen atoms in total. The van der Waals surface area contributed by atoms with E-state index in [9.17, 15) is 8.42 Å². The van der Waals surface area contributed by atoms with Crippen molar-refractivity contribution in [1.82, 2.24) is 4.31 Å². The van der Waals surface area contributed by atoms with Crippen LogP contribution in [0.3, 0.4) is 0 Å². The molecule has 0 unspecified atom stereocenters. The molecule has 2 rings (SSSR count). The number of anilines is 1. The number of thiophene rings is 1. The van der Waals surface area contributed by atoms with E-state index in [4.69, 9.17) is 17.3 Å². The van der Waals surface area contributed by atoms with Crippen LogP contribution in [0.2, 0.25) is 5.02 Å². The van der Waals surface area contributed by atoms with E-state index < -0.39 is 10.0 Å². The average molecular weight is 331 g/mol. The van der Waals surface area contributed by atoms with Crippen molar-refractivity contribution in [2.45, 2.75) is 17.7 Å². The van der Waals surface area contributed by atoms with Crippen LogP contribution in [0.1, 0.15) is 12.5 Å². The lowest BCUT2D eigenvalue weighted by atomic mass is 10.2. The SMILES string of the molecule is CCN(Cc1cccc(Cl)c1)S(=O)(=O)c1cc(N)cs1. The summed E-state index contributed by atoms with van der Waals surface area (Å²) in [5, 5.41) is 2.22. The number of hydrogen-bond acceptors (Lipinski definition) is 4. The van der Waals surface area contributed by atoms with Gasteiger partial charge in [-0.15, -0.1) is 11.3 Å². The fourth-order valence-corrected chi connectivity index (χ4v) is 4.68. The molecule has 0 atom stereocenters. The fourth-order valence-electron chi connectivity index (χ4n) is 1.80. The minimum absolute atomic E-state index is 0.263. The number of nitrogen functional groups attached to an aromatic ring is 1. The molecule has 1 heterocycles. The number of sulfonamides is 1. The zero-order valence-electron chi connectivity index (χ0n) is 10.9. The molecule has 0 aliphatic rings. The maximum Gasteiger partial charge on any atom is 0.252 e. The average Bonchev–Trinajstić information content (AvgIpc) is 2.83. The Bertz CT molecular complexity index is 698. The molecule has 0 saturated carbocycles. The highest BCUT2D eigenvalue weighted by Gasteiger charge is 2.24. The molecule has 0 fully saturated rings. The van der Waals surface area contributed by atoms with E-state index in [0.717, 1.165) is 16.9 Å². The van der Waals surface area contributed by atoms with Crippen LogP contribution in [0.15, 0.2) is 39.9 Å². The van der Waals surface area contributed by atoms with Gasteiger partial charge in [-0.05, 0) is 23.8 Å². The largest absolute Gasteiger partial charge is 0.398 e. The van der Waals surface area contributed by atoms with Gasteiger partial charge >= 0.3 is 0 Å². The Balaban J connectivity index is 2.28. The number of nitrogens with zero attached hydrogens (tertiary/aromatic N) is 1. The molecule has 2 N–H and O–H groups in total. The van der Waals surface area contributed by atoms with Crippen LogP contribution in [0.25, 0.3) is 0 Å². The van der Waals surface area contributed by atoms with Crippen molar-refractivity contribution < 1.29 is 8.42 Å². The van der Waals surface area contributed by atoms with Crippen LogP contribution in [-0.2, 0) is 16.6 Å². The molecule has 0 saturated heterocycles. The predicted molar refractivity (Wildman–Crippen MR) is 83.5 cm³/mol. The first-order valence-electron chi connectivity index (χ1n) is 6.02. The van der Waals surface area contributed by atoms with E-state index in [1.165, 1.54) is 10.4 Å². The van der Waals surface area contributed by atoms with Crippen molar-refractivity contribution in [3.05, 3.63) is 46.3 Å². The molecule has 0 bridgehead atoms. The number of nitrogens with two attached hydrogens (primary N) is 1. The summed E-state index contributed by atoms with van der Waals surface area (Å²) in [6, 6.07) is 8.67. The molecule has 0 amide bonds. The van der Waals surface area contributed by atoms with Crippen LogP contribution < -0.4 is 5.73 Å². The second-order valence-electron chi connectivity index (χ2n) is 4.26. The Morgan fingerprint density at radius 3 is 2.65 bits per heavy atom. The fraction of sp³-hybridized carbons (Fsp3) is 0.231. The van der Waals surface area contributed by atoms with Gasteiger partial charge in [0.15, 0.2) is 0 Å². The van der Waals surface area contributed by atoms with Crippen molar-refractivity contribution in [3.63, 3.8) is 0 Å². The molecule has 0 aliphatic carbocycles. The van der Waals surface area contributed by atoms with Crippen molar-refractivity contribution in [3.8, 4) is 0 Å². The monoisotopic (exact) mass is 330 g/mol. The number of rotatable bonds is 5. The zero-order valence-corrected chi connectivity index (χ0v) is 13.3. The van der Waals surface area contributed by atoms with Crippen molar-refractivity contribution in [2.75, 3.05) is 12.3 Å². The first kappa shape index (κ1) is 15.3. The second-order valence-corrected chi connectivity index (χ2v) is 7.77. The zero-order chi connectivity index (χ0) is 14.8. The lowest BCUT2D eigenvalue weighted by Crippen LogP contribution is -2.29. The van der Waals surface area contributed by atoms with Crippen LogP contribution in [0.5, 0.6) is 0 Å². The minimum Gasteiger partial charge on any atom is -0.398 e. The van der Waals surface area contributed by atoms with Gasteiger partial charge in [-0.3, -0.25) is 0 Å². The quantitative estimate of drug-likeness (QED) is 0.915. The highest BCUT2D eigenvalue weighted by molar-refractivity contribution is 7.91. The lowest BCUT2D eigenvalue weighted by Gasteiger charge is -2.19. The molecule has 0 spiro atoms. The standard InChI is InChI=1S/C13H15ClN2O2S2/c1-2-16(8-10-4-3-5-11(14)6-10)20(17,18)13-7-12(15)9-19-13/h3-7,9H,2,8,15H2,1H3. The molecule has 108 valence electrons. The van der Waals surface area contributed by atoms with Crippen molar-refractivity contribution in [2.24, 2.45) is 0 Å². The van der Waals surface area contributed by atoms with Gasteiger partial charge in [0.2, 0.25) is 0 Å². The molecule has 1 aromatic carbocycles. The van der Waals surface area contributed by atoms with Crippen LogP contribution in [0.4, 0.5) is 5.69 Å². The third-order valence-electron chi connectivity index (χ3n) is 2.79. The van der Waals surface area contributed by atoms with E-state index in [2.05, 4.69) is 0 Å². The Labute approximate surface area is 127 Å². The molecular weight excluding hydrogens is 316 g/mol. The van der Waals surface area contributed by atoms with Gasteiger partial charge < -0.3 is 5.73 Å². The van der Waals surface area contributed by atoms with Crippen molar-refractivity contribution in [1.29, 1.82) is 0 Å². The molecule has 20 heavy (non-hydrogen) atoms. The number of benzene rings is 1. The third-order valence-corrected chi connectivity index (χ3v) is 6.38. The highest BCUT2D eigenvalue weighted by atomic mass is 35.5. The van der Waals surface area contributed by atoms with Crippen LogP contribution in [0, 0.1) is 0 Å². The molecule has 0 aliphatic heterocycles. The Hall–Kier alpha value is -1.08. The van der Waals surface area contributed by atoms with Gasteiger partial charge in [0.25, 0.3) is 10.0 Å². The third kappa shape index (κ3) is 3.32. The Kier molecular flexibility index (Phi) is 4.70. The number of hydrogen-bond donors (Lipinski definition) is 1. The van der Waals surface area contributed by atoms with Gasteiger partial charge in [0, 0.05) is 29.2 Å². The molecule has 0 radical (unpaired) electrons. The summed E-state index contributed by atoms with van der Waals surface area (Å²) in [5.41, 5.74) is 6.92. The van der Waals surface area contributed by atoms with Gasteiger partial charge in [0.05, 0.1) is 0 Å². The maximum atomic E-state index is 12.5. The summed E-state index contributed by atoms with van der Waals surface area (Å²) in [6.07, 6.45) is 0. The smallest absolute Gasteiger partial charge is 0.252 e. The second kappa shape index (κ2) is 6.13. The van der Waals surface area contributed by atoms with E-state index in [0.29, 0.717) is 17.3 Å². The summed E-state index contributed by atoms with van der Waals surface area (Å²) >= 11 is 7.06. The van der Waals surface area contributed by atoms with Crippen molar-refractivity contribution >= 4 is 38.6 Å². The Morgan fingerprint density at radius 2 is 2.10 bits per heavy atom. The molecule has 1 aromatic heterocycles. The molecular formula is C13H15ClN2O2S2. The molecule has 7 heteroatoms. The van der Waals surface area contributed by atoms with Gasteiger partial charge in [-0.25, -0.2) is 8.42 Å². The van der Waals surface area contributed by atoms with E-state index >= 15 is 0 Å². The summed E-state index contributed by atoms with van der Waals surface area (Å²) < 4.78 is 26.7. The maximum absolute atomic E-state index is 12.5. The summed E-state index contributed by atoms with van der Waals surface area (Å²) in [7, 11) is -3.51. The van der Waals surface area contributed by atoms with Gasteiger partial charge in [0.1, 0.15) is 4.21 Å². The highest BCUT2D eigenvalue weighted by Crippen LogP contribution is 2.26. The number of halogens is 1. The van der Waals surface area contributed by atoms with Crippen LogP contribution in [-0.4, -0.2) is 19.3 Å². The summed E-state index contributed by atoms with van der Waals surface area (Å²) in [4.78, 5) is 0. The lowest BCUT2D eigenvalue weighted by molar-refractivity contribution is 0.425. The van der Waals surface area contributed by atoms with Gasteiger partial charge in [-0.1, -0.05) is 30.7 Å². The first-order chi connectivity index (χ1) is 9.43. The minimum atomic E-state index is -3.51. The normalized spacial score (nSPS) is 11.9. The van der Waals surface area contributed by atoms with Gasteiger partial charge in [-0.2, -0.15) is 4.31 Å². The van der Waals surface area contributed by atoms with E-state index in [1.807, 2.05) is 6.07 Å². The predicted octanol–water partition coefficient (Wildman–Crippen LogP) is 3.19.